The van der Waals surface area contributed by atoms with Crippen LogP contribution in [0.25, 0.3) is 9.75 Å². The molecule has 0 aliphatic rings. The van der Waals surface area contributed by atoms with Crippen molar-refractivity contribution in [2.75, 3.05) is 0 Å². The van der Waals surface area contributed by atoms with Gasteiger partial charge in [-0.2, -0.15) is 0 Å². The SMILES string of the molecule is CCCCCCCCc1ccc(-c2cc[c]([Sn]([CH3])([CH3])[CH3])s2)s1. The van der Waals surface area contributed by atoms with Crippen LogP contribution in [-0.4, -0.2) is 18.4 Å². The van der Waals surface area contributed by atoms with Crippen molar-refractivity contribution in [1.82, 2.24) is 0 Å². The van der Waals surface area contributed by atoms with E-state index in [0.29, 0.717) is 0 Å². The minimum absolute atomic E-state index is 1.27. The van der Waals surface area contributed by atoms with Gasteiger partial charge in [0.15, 0.2) is 0 Å². The average Bonchev–Trinajstić information content (AvgIpc) is 3.10. The summed E-state index contributed by atoms with van der Waals surface area (Å²) in [6.07, 6.45) is 9.61. The van der Waals surface area contributed by atoms with Gasteiger partial charge in [-0.1, -0.05) is 13.3 Å². The van der Waals surface area contributed by atoms with E-state index in [9.17, 15) is 0 Å². The average molecular weight is 441 g/mol. The van der Waals surface area contributed by atoms with Gasteiger partial charge in [0.2, 0.25) is 0 Å². The number of hydrogen-bond donors (Lipinski definition) is 0. The van der Waals surface area contributed by atoms with Gasteiger partial charge in [0.25, 0.3) is 0 Å². The predicted molar refractivity (Wildman–Crippen MR) is 108 cm³/mol. The van der Waals surface area contributed by atoms with Gasteiger partial charge >= 0.3 is 136 Å². The van der Waals surface area contributed by atoms with Crippen molar-refractivity contribution in [3.63, 3.8) is 0 Å². The van der Waals surface area contributed by atoms with Crippen molar-refractivity contribution in [3.05, 3.63) is 29.1 Å². The van der Waals surface area contributed by atoms with E-state index in [1.165, 1.54) is 54.7 Å². The molecule has 2 rings (SSSR count). The molecule has 22 heavy (non-hydrogen) atoms. The van der Waals surface area contributed by atoms with Crippen LogP contribution >= 0.6 is 22.7 Å². The summed E-state index contributed by atoms with van der Waals surface area (Å²) in [4.78, 5) is 12.0. The molecule has 0 N–H and O–H groups in total. The molecular weight excluding hydrogens is 411 g/mol. The Morgan fingerprint density at radius 2 is 1.41 bits per heavy atom. The summed E-state index contributed by atoms with van der Waals surface area (Å²) in [6.45, 7) is 2.28. The standard InChI is InChI=1S/C16H21S2.3CH3.Sn/c1-2-3-4-5-6-7-9-14-11-12-16(18-14)15-10-8-13-17-15;;;;/h8,10-12H,2-7,9H2,1H3;3*1H3;. The summed E-state index contributed by atoms with van der Waals surface area (Å²) < 4.78 is 1.69. The van der Waals surface area contributed by atoms with Crippen LogP contribution in [0.4, 0.5) is 0 Å². The Morgan fingerprint density at radius 1 is 0.773 bits per heavy atom. The molecule has 0 radical (unpaired) electrons. The Morgan fingerprint density at radius 3 is 2.09 bits per heavy atom. The maximum atomic E-state index is 2.50. The van der Waals surface area contributed by atoms with Gasteiger partial charge in [-0.15, -0.1) is 0 Å². The van der Waals surface area contributed by atoms with Gasteiger partial charge in [0, 0.05) is 0 Å². The van der Waals surface area contributed by atoms with Crippen molar-refractivity contribution in [2.45, 2.75) is 66.7 Å². The first kappa shape index (κ1) is 18.5. The van der Waals surface area contributed by atoms with Crippen LogP contribution in [0.3, 0.4) is 0 Å². The quantitative estimate of drug-likeness (QED) is 0.293. The second kappa shape index (κ2) is 8.89. The molecule has 0 saturated heterocycles. The molecule has 2 heterocycles. The van der Waals surface area contributed by atoms with Crippen molar-refractivity contribution in [2.24, 2.45) is 0 Å². The number of thiophene rings is 2. The molecule has 3 heteroatoms. The van der Waals surface area contributed by atoms with Gasteiger partial charge in [0.1, 0.15) is 0 Å². The Hall–Kier alpha value is 0.199. The van der Waals surface area contributed by atoms with Crippen molar-refractivity contribution in [1.29, 1.82) is 0 Å². The summed E-state index contributed by atoms with van der Waals surface area (Å²) >= 11 is 2.18. The third-order valence-electron chi connectivity index (χ3n) is 4.03. The molecule has 0 fully saturated rings. The zero-order valence-corrected chi connectivity index (χ0v) is 19.1. The van der Waals surface area contributed by atoms with Crippen LogP contribution in [0.5, 0.6) is 0 Å². The van der Waals surface area contributed by atoms with Crippen LogP contribution in [0.2, 0.25) is 14.8 Å². The molecule has 0 aliphatic heterocycles. The first-order valence-electron chi connectivity index (χ1n) is 8.70. The zero-order chi connectivity index (χ0) is 16.0. The van der Waals surface area contributed by atoms with E-state index in [2.05, 4.69) is 46.0 Å². The van der Waals surface area contributed by atoms with Crippen LogP contribution in [0, 0.1) is 0 Å². The van der Waals surface area contributed by atoms with Crippen LogP contribution < -0.4 is 2.89 Å². The van der Waals surface area contributed by atoms with Crippen LogP contribution in [0.15, 0.2) is 24.3 Å². The van der Waals surface area contributed by atoms with E-state index in [1.54, 1.807) is 7.77 Å². The molecule has 2 aromatic rings. The molecule has 0 atom stereocenters. The zero-order valence-electron chi connectivity index (χ0n) is 14.6. The molecule has 122 valence electrons. The van der Waals surface area contributed by atoms with E-state index >= 15 is 0 Å². The first-order valence-corrected chi connectivity index (χ1v) is 20.3. The summed E-state index contributed by atoms with van der Waals surface area (Å²) in [7, 11) is 0. The normalized spacial score (nSPS) is 12.0. The second-order valence-electron chi connectivity index (χ2n) is 7.20. The second-order valence-corrected chi connectivity index (χ2v) is 24.9. The molecule has 0 bridgehead atoms. The monoisotopic (exact) mass is 442 g/mol. The Kier molecular flexibility index (Phi) is 7.49. The van der Waals surface area contributed by atoms with Crippen molar-refractivity contribution < 1.29 is 0 Å². The fraction of sp³-hybridized carbons (Fsp3) is 0.579. The van der Waals surface area contributed by atoms with Crippen LogP contribution in [0.1, 0.15) is 50.3 Å². The van der Waals surface area contributed by atoms with E-state index in [0.717, 1.165) is 0 Å². The summed E-state index contributed by atoms with van der Waals surface area (Å²) in [5, 5.41) is 0. The van der Waals surface area contributed by atoms with Crippen LogP contribution in [-0.2, 0) is 6.42 Å². The van der Waals surface area contributed by atoms with Crippen molar-refractivity contribution in [3.8, 4) is 9.75 Å². The summed E-state index contributed by atoms with van der Waals surface area (Å²) in [5.41, 5.74) is 0. The maximum absolute atomic E-state index is 2.50. The number of hydrogen-bond acceptors (Lipinski definition) is 2. The topological polar surface area (TPSA) is 0 Å². The fourth-order valence-electron chi connectivity index (χ4n) is 2.60. The van der Waals surface area contributed by atoms with Gasteiger partial charge in [-0.3, -0.25) is 0 Å². The summed E-state index contributed by atoms with van der Waals surface area (Å²) in [6, 6.07) is 9.43. The molecule has 0 amide bonds. The molecule has 0 unspecified atom stereocenters. The first-order chi connectivity index (χ1) is 10.5. The number of unbranched alkanes of at least 4 members (excludes halogenated alkanes) is 5. The summed E-state index contributed by atoms with van der Waals surface area (Å²) in [5.74, 6) is 0. The van der Waals surface area contributed by atoms with Gasteiger partial charge in [-0.25, -0.2) is 0 Å². The third-order valence-corrected chi connectivity index (χ3v) is 15.9. The Bertz CT molecular complexity index is 560. The molecule has 0 aromatic carbocycles. The number of rotatable bonds is 9. The predicted octanol–water partition coefficient (Wildman–Crippen LogP) is 6.92. The van der Waals surface area contributed by atoms with E-state index in [-0.39, 0.29) is 0 Å². The van der Waals surface area contributed by atoms with Crippen molar-refractivity contribution >= 4 is 43.9 Å². The molecule has 0 spiro atoms. The molecule has 0 saturated carbocycles. The molecule has 0 nitrogen and oxygen atoms in total. The molecular formula is C19H30S2Sn. The van der Waals surface area contributed by atoms with Gasteiger partial charge < -0.3 is 0 Å². The minimum atomic E-state index is -1.88. The third kappa shape index (κ3) is 5.68. The Balaban J connectivity index is 1.85. The van der Waals surface area contributed by atoms with Gasteiger partial charge in [-0.05, 0) is 0 Å². The van der Waals surface area contributed by atoms with Gasteiger partial charge in [0.05, 0.1) is 0 Å². The Labute approximate surface area is 148 Å². The van der Waals surface area contributed by atoms with E-state index < -0.39 is 18.4 Å². The fourth-order valence-corrected chi connectivity index (χ4v) is 10.0. The molecule has 2 aromatic heterocycles. The van der Waals surface area contributed by atoms with E-state index in [4.69, 9.17) is 0 Å². The number of aryl methyl sites for hydroxylation is 1. The van der Waals surface area contributed by atoms with E-state index in [1.807, 2.05) is 22.7 Å². The molecule has 0 aliphatic carbocycles.